The molecule has 0 saturated heterocycles. The smallest absolute Gasteiger partial charge is 0.258 e. The molecule has 1 N–H and O–H groups in total. The number of benzene rings is 2. The zero-order chi connectivity index (χ0) is 17.9. The van der Waals surface area contributed by atoms with E-state index in [9.17, 15) is 4.79 Å². The van der Waals surface area contributed by atoms with Gasteiger partial charge < -0.3 is 10.1 Å². The molecule has 0 bridgehead atoms. The summed E-state index contributed by atoms with van der Waals surface area (Å²) in [4.78, 5) is 12.2. The summed E-state index contributed by atoms with van der Waals surface area (Å²) in [5.41, 5.74) is 5.39. The summed E-state index contributed by atoms with van der Waals surface area (Å²) < 4.78 is 5.60. The van der Waals surface area contributed by atoms with E-state index in [1.54, 1.807) is 0 Å². The normalized spacial score (nSPS) is 11.9. The molecule has 1 amide bonds. The van der Waals surface area contributed by atoms with Crippen molar-refractivity contribution >= 4 is 17.5 Å². The fourth-order valence-corrected chi connectivity index (χ4v) is 2.92. The first-order valence-electron chi connectivity index (χ1n) is 8.04. The molecule has 0 unspecified atom stereocenters. The van der Waals surface area contributed by atoms with Gasteiger partial charge in [0.2, 0.25) is 0 Å². The zero-order valence-corrected chi connectivity index (χ0v) is 15.6. The van der Waals surface area contributed by atoms with Crippen molar-refractivity contribution in [3.05, 3.63) is 63.2 Å². The number of nitrogens with one attached hydrogen (secondary N) is 1. The van der Waals surface area contributed by atoms with Crippen molar-refractivity contribution in [1.29, 1.82) is 0 Å². The van der Waals surface area contributed by atoms with Gasteiger partial charge in [0.25, 0.3) is 5.91 Å². The number of hydrogen-bond donors (Lipinski definition) is 1. The van der Waals surface area contributed by atoms with Gasteiger partial charge >= 0.3 is 0 Å². The van der Waals surface area contributed by atoms with Gasteiger partial charge in [-0.3, -0.25) is 4.79 Å². The van der Waals surface area contributed by atoms with Crippen LogP contribution in [0.15, 0.2) is 30.3 Å². The van der Waals surface area contributed by atoms with Gasteiger partial charge in [-0.15, -0.1) is 0 Å². The summed E-state index contributed by atoms with van der Waals surface area (Å²) in [6, 6.07) is 9.86. The Balaban J connectivity index is 1.96. The second kappa shape index (κ2) is 7.71. The lowest BCUT2D eigenvalue weighted by atomic mass is 10.0. The predicted molar refractivity (Wildman–Crippen MR) is 98.9 cm³/mol. The van der Waals surface area contributed by atoms with E-state index in [0.29, 0.717) is 5.75 Å². The van der Waals surface area contributed by atoms with Crippen LogP contribution in [0.1, 0.15) is 40.8 Å². The summed E-state index contributed by atoms with van der Waals surface area (Å²) in [5.74, 6) is 0.511. The van der Waals surface area contributed by atoms with Crippen molar-refractivity contribution in [2.75, 3.05) is 6.61 Å². The molecular weight excluding hydrogens is 322 g/mol. The highest BCUT2D eigenvalue weighted by Crippen LogP contribution is 2.26. The topological polar surface area (TPSA) is 38.3 Å². The van der Waals surface area contributed by atoms with Gasteiger partial charge in [0.15, 0.2) is 6.61 Å². The Kier molecular flexibility index (Phi) is 5.89. The Morgan fingerprint density at radius 1 is 1.08 bits per heavy atom. The first-order chi connectivity index (χ1) is 11.3. The molecule has 3 nitrogen and oxygen atoms in total. The van der Waals surface area contributed by atoms with Crippen LogP contribution in [0, 0.1) is 27.7 Å². The largest absolute Gasteiger partial charge is 0.484 e. The van der Waals surface area contributed by atoms with Crippen molar-refractivity contribution < 1.29 is 9.53 Å². The van der Waals surface area contributed by atoms with Crippen LogP contribution in [0.4, 0.5) is 0 Å². The number of halogens is 1. The molecule has 0 aliphatic heterocycles. The first kappa shape index (κ1) is 18.3. The molecule has 0 aliphatic rings. The number of rotatable bonds is 5. The van der Waals surface area contributed by atoms with Crippen LogP contribution >= 0.6 is 11.6 Å². The van der Waals surface area contributed by atoms with Crippen LogP contribution < -0.4 is 10.1 Å². The minimum atomic E-state index is -0.146. The molecule has 0 heterocycles. The maximum Gasteiger partial charge on any atom is 0.258 e. The highest BCUT2D eigenvalue weighted by molar-refractivity contribution is 6.32. The summed E-state index contributed by atoms with van der Waals surface area (Å²) in [6.45, 7) is 9.92. The van der Waals surface area contributed by atoms with E-state index in [0.717, 1.165) is 21.7 Å². The molecule has 2 aromatic rings. The number of ether oxygens (including phenoxy) is 1. The molecule has 0 radical (unpaired) electrons. The van der Waals surface area contributed by atoms with Crippen molar-refractivity contribution in [3.8, 4) is 5.75 Å². The summed E-state index contributed by atoms with van der Waals surface area (Å²) >= 11 is 6.14. The second-order valence-electron chi connectivity index (χ2n) is 6.31. The lowest BCUT2D eigenvalue weighted by molar-refractivity contribution is -0.123. The average molecular weight is 346 g/mol. The van der Waals surface area contributed by atoms with Gasteiger partial charge in [0.05, 0.1) is 6.04 Å². The molecule has 0 fully saturated rings. The Labute approximate surface area is 149 Å². The van der Waals surface area contributed by atoms with Crippen molar-refractivity contribution in [2.45, 2.75) is 40.7 Å². The second-order valence-corrected chi connectivity index (χ2v) is 6.69. The molecule has 4 heteroatoms. The third-order valence-corrected chi connectivity index (χ3v) is 4.65. The predicted octanol–water partition coefficient (Wildman–Crippen LogP) is 4.83. The van der Waals surface area contributed by atoms with E-state index < -0.39 is 0 Å². The van der Waals surface area contributed by atoms with Crippen LogP contribution in [-0.4, -0.2) is 12.5 Å². The molecular formula is C20H24ClNO2. The maximum atomic E-state index is 12.2. The van der Waals surface area contributed by atoms with Gasteiger partial charge in [0, 0.05) is 5.02 Å². The van der Waals surface area contributed by atoms with Crippen LogP contribution in [0.2, 0.25) is 5.02 Å². The number of carbonyl (C=O) groups excluding carboxylic acids is 1. The van der Waals surface area contributed by atoms with E-state index >= 15 is 0 Å². The van der Waals surface area contributed by atoms with Crippen molar-refractivity contribution in [2.24, 2.45) is 0 Å². The minimum Gasteiger partial charge on any atom is -0.484 e. The number of aryl methyl sites for hydroxylation is 4. The average Bonchev–Trinajstić information content (AvgIpc) is 2.50. The van der Waals surface area contributed by atoms with Crippen molar-refractivity contribution in [3.63, 3.8) is 0 Å². The third-order valence-electron chi connectivity index (χ3n) is 4.05. The van der Waals surface area contributed by atoms with Gasteiger partial charge in [-0.2, -0.15) is 0 Å². The highest BCUT2D eigenvalue weighted by atomic mass is 35.5. The monoisotopic (exact) mass is 345 g/mol. The number of hydrogen-bond acceptors (Lipinski definition) is 2. The molecule has 128 valence electrons. The Bertz CT molecular complexity index is 732. The summed E-state index contributed by atoms with van der Waals surface area (Å²) in [5, 5.41) is 3.71. The first-order valence-corrected chi connectivity index (χ1v) is 8.41. The summed E-state index contributed by atoms with van der Waals surface area (Å²) in [7, 11) is 0. The fraction of sp³-hybridized carbons (Fsp3) is 0.350. The molecule has 2 rings (SSSR count). The standard InChI is InChI=1S/C20H24ClNO2/c1-12-6-7-18(13(2)8-12)16(5)22-19(23)11-24-17-9-14(3)20(21)15(4)10-17/h6-10,16H,11H2,1-5H3,(H,22,23)/t16-/m0/s1. The van der Waals surface area contributed by atoms with E-state index in [4.69, 9.17) is 16.3 Å². The SMILES string of the molecule is Cc1ccc([C@H](C)NC(=O)COc2cc(C)c(Cl)c(C)c2)c(C)c1. The van der Waals surface area contributed by atoms with E-state index in [1.165, 1.54) is 11.1 Å². The lowest BCUT2D eigenvalue weighted by Gasteiger charge is -2.17. The van der Waals surface area contributed by atoms with E-state index in [-0.39, 0.29) is 18.6 Å². The quantitative estimate of drug-likeness (QED) is 0.842. The highest BCUT2D eigenvalue weighted by Gasteiger charge is 2.13. The van der Waals surface area contributed by atoms with Crippen LogP contribution in [-0.2, 0) is 4.79 Å². The van der Waals surface area contributed by atoms with Gasteiger partial charge in [-0.1, -0.05) is 35.4 Å². The lowest BCUT2D eigenvalue weighted by Crippen LogP contribution is -2.31. The number of carbonyl (C=O) groups is 1. The number of amides is 1. The molecule has 1 atom stereocenters. The molecule has 0 aromatic heterocycles. The molecule has 2 aromatic carbocycles. The van der Waals surface area contributed by atoms with Gasteiger partial charge in [-0.25, -0.2) is 0 Å². The zero-order valence-electron chi connectivity index (χ0n) is 14.9. The van der Waals surface area contributed by atoms with E-state index in [2.05, 4.69) is 37.4 Å². The van der Waals surface area contributed by atoms with E-state index in [1.807, 2.05) is 32.9 Å². The molecule has 24 heavy (non-hydrogen) atoms. The van der Waals surface area contributed by atoms with Gasteiger partial charge in [0.1, 0.15) is 5.75 Å². The maximum absolute atomic E-state index is 12.2. The fourth-order valence-electron chi connectivity index (χ4n) is 2.81. The Morgan fingerprint density at radius 2 is 1.71 bits per heavy atom. The Hall–Kier alpha value is -2.00. The Morgan fingerprint density at radius 3 is 2.29 bits per heavy atom. The van der Waals surface area contributed by atoms with Crippen LogP contribution in [0.5, 0.6) is 5.75 Å². The van der Waals surface area contributed by atoms with Gasteiger partial charge in [-0.05, 0) is 69.0 Å². The minimum absolute atomic E-state index is 0.0181. The third kappa shape index (κ3) is 4.51. The van der Waals surface area contributed by atoms with Crippen LogP contribution in [0.3, 0.4) is 0 Å². The molecule has 0 saturated carbocycles. The molecule has 0 aliphatic carbocycles. The molecule has 0 spiro atoms. The summed E-state index contributed by atoms with van der Waals surface area (Å²) in [6.07, 6.45) is 0. The van der Waals surface area contributed by atoms with Crippen LogP contribution in [0.25, 0.3) is 0 Å². The van der Waals surface area contributed by atoms with Crippen molar-refractivity contribution in [1.82, 2.24) is 5.32 Å².